The lowest BCUT2D eigenvalue weighted by Gasteiger charge is -2.35. The molecule has 4 heterocycles. The van der Waals surface area contributed by atoms with E-state index in [9.17, 15) is 28.8 Å². The SMILES string of the molecule is COc1cc(OC)c(Cl)c(CC(=O)N(C)c2cc(Cc3ccc(N4CCN(CC(=O)NCCCOc5cc6c7c(cccc7c5)C(=O)N(C5CCC(=O)NC5=O)C6=O)CC4)cc3)ncn2)c1Cl. The highest BCUT2D eigenvalue weighted by Gasteiger charge is 2.43. The van der Waals surface area contributed by atoms with Crippen molar-refractivity contribution in [3.8, 4) is 17.2 Å². The summed E-state index contributed by atoms with van der Waals surface area (Å²) in [6, 6.07) is 19.0. The summed E-state index contributed by atoms with van der Waals surface area (Å²) in [6.45, 7) is 3.87. The molecule has 2 N–H and O–H groups in total. The molecule has 67 heavy (non-hydrogen) atoms. The van der Waals surface area contributed by atoms with Gasteiger partial charge in [0.1, 0.15) is 35.4 Å². The van der Waals surface area contributed by atoms with Crippen LogP contribution in [0.2, 0.25) is 10.0 Å². The van der Waals surface area contributed by atoms with Crippen molar-refractivity contribution in [3.05, 3.63) is 111 Å². The molecule has 0 aliphatic carbocycles. The van der Waals surface area contributed by atoms with Gasteiger partial charge in [-0.05, 0) is 54.1 Å². The number of likely N-dealkylation sites (N-methyl/N-ethyl adjacent to an activating group) is 1. The zero-order valence-electron chi connectivity index (χ0n) is 37.1. The Bertz CT molecular complexity index is 2740. The van der Waals surface area contributed by atoms with Crippen LogP contribution < -0.4 is 34.6 Å². The Morgan fingerprint density at radius 1 is 0.881 bits per heavy atom. The molecular weight excluding hydrogens is 903 g/mol. The Hall–Kier alpha value is -6.82. The fourth-order valence-corrected chi connectivity index (χ4v) is 9.13. The summed E-state index contributed by atoms with van der Waals surface area (Å²) in [7, 11) is 4.58. The largest absolute Gasteiger partial charge is 0.495 e. The van der Waals surface area contributed by atoms with Gasteiger partial charge < -0.3 is 24.4 Å². The molecule has 3 aliphatic rings. The molecule has 19 heteroatoms. The van der Waals surface area contributed by atoms with Gasteiger partial charge in [-0.2, -0.15) is 0 Å². The van der Waals surface area contributed by atoms with Gasteiger partial charge in [-0.1, -0.05) is 47.5 Å². The number of halogens is 2. The third kappa shape index (κ3) is 10.1. The predicted octanol–water partition coefficient (Wildman–Crippen LogP) is 4.86. The number of hydrogen-bond donors (Lipinski definition) is 2. The van der Waals surface area contributed by atoms with Crippen molar-refractivity contribution in [2.24, 2.45) is 0 Å². The van der Waals surface area contributed by atoms with Gasteiger partial charge in [-0.3, -0.25) is 48.8 Å². The van der Waals surface area contributed by atoms with E-state index >= 15 is 0 Å². The van der Waals surface area contributed by atoms with Crippen molar-refractivity contribution in [1.82, 2.24) is 30.4 Å². The van der Waals surface area contributed by atoms with Crippen molar-refractivity contribution < 1.29 is 43.0 Å². The lowest BCUT2D eigenvalue weighted by atomic mass is 9.91. The normalized spacial score (nSPS) is 16.2. The molecule has 2 fully saturated rings. The summed E-state index contributed by atoms with van der Waals surface area (Å²) in [5, 5.41) is 6.81. The van der Waals surface area contributed by atoms with Crippen LogP contribution in [0.5, 0.6) is 17.2 Å². The summed E-state index contributed by atoms with van der Waals surface area (Å²) in [4.78, 5) is 93.3. The summed E-state index contributed by atoms with van der Waals surface area (Å²) in [6.07, 6.45) is 2.46. The fourth-order valence-electron chi connectivity index (χ4n) is 8.50. The minimum atomic E-state index is -1.09. The Kier molecular flexibility index (Phi) is 14.2. The highest BCUT2D eigenvalue weighted by molar-refractivity contribution is 6.38. The predicted molar refractivity (Wildman–Crippen MR) is 250 cm³/mol. The fraction of sp³-hybridized carbons (Fsp3) is 0.333. The zero-order valence-corrected chi connectivity index (χ0v) is 38.6. The summed E-state index contributed by atoms with van der Waals surface area (Å²) < 4.78 is 16.7. The summed E-state index contributed by atoms with van der Waals surface area (Å²) >= 11 is 13.0. The number of benzene rings is 4. The number of nitrogens with zero attached hydrogens (tertiary/aromatic N) is 6. The highest BCUT2D eigenvalue weighted by Crippen LogP contribution is 2.41. The van der Waals surface area contributed by atoms with Crippen LogP contribution >= 0.6 is 23.2 Å². The number of nitrogens with one attached hydrogen (secondary N) is 2. The summed E-state index contributed by atoms with van der Waals surface area (Å²) in [5.41, 5.74) is 3.80. The Balaban J connectivity index is 0.771. The first-order valence-corrected chi connectivity index (χ1v) is 22.5. The number of rotatable bonds is 16. The number of methoxy groups -OCH3 is 2. The molecule has 0 spiro atoms. The molecule has 1 unspecified atom stereocenters. The maximum Gasteiger partial charge on any atom is 0.262 e. The van der Waals surface area contributed by atoms with Crippen molar-refractivity contribution in [2.45, 2.75) is 38.1 Å². The van der Waals surface area contributed by atoms with E-state index in [0.29, 0.717) is 64.4 Å². The van der Waals surface area contributed by atoms with E-state index in [4.69, 9.17) is 37.4 Å². The molecule has 348 valence electrons. The molecule has 6 amide bonds. The van der Waals surface area contributed by atoms with Crippen LogP contribution in [0, 0.1) is 0 Å². The smallest absolute Gasteiger partial charge is 0.262 e. The van der Waals surface area contributed by atoms with Crippen LogP contribution in [0.15, 0.2) is 73.1 Å². The van der Waals surface area contributed by atoms with Crippen LogP contribution in [0.3, 0.4) is 0 Å². The van der Waals surface area contributed by atoms with E-state index in [1.807, 2.05) is 0 Å². The number of carbonyl (C=O) groups is 6. The van der Waals surface area contributed by atoms with Gasteiger partial charge in [0, 0.05) is 86.9 Å². The summed E-state index contributed by atoms with van der Waals surface area (Å²) in [5.74, 6) is -1.13. The first kappa shape index (κ1) is 46.7. The lowest BCUT2D eigenvalue weighted by molar-refractivity contribution is -0.136. The number of anilines is 2. The molecule has 0 saturated carbocycles. The second-order valence-electron chi connectivity index (χ2n) is 16.4. The molecule has 1 atom stereocenters. The molecule has 4 aromatic carbocycles. The monoisotopic (exact) mass is 950 g/mol. The molecule has 3 aliphatic heterocycles. The van der Waals surface area contributed by atoms with Crippen LogP contribution in [0.25, 0.3) is 10.8 Å². The maximum absolute atomic E-state index is 13.7. The molecule has 0 radical (unpaired) electrons. The second kappa shape index (κ2) is 20.4. The zero-order chi connectivity index (χ0) is 47.4. The van der Waals surface area contributed by atoms with Crippen molar-refractivity contribution in [1.29, 1.82) is 0 Å². The lowest BCUT2D eigenvalue weighted by Crippen LogP contribution is -2.57. The van der Waals surface area contributed by atoms with Crippen molar-refractivity contribution in [3.63, 3.8) is 0 Å². The van der Waals surface area contributed by atoms with Crippen LogP contribution in [0.4, 0.5) is 11.5 Å². The molecule has 2 saturated heterocycles. The average Bonchev–Trinajstić information content (AvgIpc) is 3.33. The molecular formula is C48H48Cl2N8O9. The van der Waals surface area contributed by atoms with Crippen molar-refractivity contribution >= 4 is 80.9 Å². The highest BCUT2D eigenvalue weighted by atomic mass is 35.5. The number of piperidine rings is 1. The number of imide groups is 2. The van der Waals surface area contributed by atoms with E-state index in [1.54, 1.807) is 49.5 Å². The first-order valence-electron chi connectivity index (χ1n) is 21.7. The number of amides is 6. The van der Waals surface area contributed by atoms with Crippen LogP contribution in [-0.2, 0) is 32.0 Å². The number of aromatic nitrogens is 2. The molecule has 5 aromatic rings. The maximum atomic E-state index is 13.7. The van der Waals surface area contributed by atoms with Crippen molar-refractivity contribution in [2.75, 3.05) is 76.9 Å². The molecule has 8 rings (SSSR count). The standard InChI is InChI=1S/C48H48Cl2N8O9/c1-55(42(61)24-35-44(49)37(65-2)25-38(66-3)45(35)50)39-22-30(52-27-53-39)20-28-8-10-31(11-9-28)57-17-15-56(16-18-57)26-41(60)51-14-5-19-67-32-21-29-6-4-7-33-43(29)34(23-32)48(64)58(47(33)63)36-12-13-40(59)54-46(36)62/h4,6-11,21-23,25,27,36H,5,12-20,24,26H2,1-3H3,(H,51,60)(H,54,59,62). The third-order valence-electron chi connectivity index (χ3n) is 12.1. The van der Waals surface area contributed by atoms with Gasteiger partial charge in [0.2, 0.25) is 23.6 Å². The molecule has 1 aromatic heterocycles. The van der Waals surface area contributed by atoms with E-state index in [-0.39, 0.29) is 59.8 Å². The van der Waals surface area contributed by atoms with E-state index in [0.717, 1.165) is 48.0 Å². The van der Waals surface area contributed by atoms with Gasteiger partial charge in [0.05, 0.1) is 55.1 Å². The van der Waals surface area contributed by atoms with E-state index in [2.05, 4.69) is 54.7 Å². The van der Waals surface area contributed by atoms with Gasteiger partial charge in [0.15, 0.2) is 0 Å². The Morgan fingerprint density at radius 2 is 1.60 bits per heavy atom. The average molecular weight is 952 g/mol. The minimum absolute atomic E-state index is 0.0274. The van der Waals surface area contributed by atoms with Crippen LogP contribution in [-0.4, -0.2) is 128 Å². The van der Waals surface area contributed by atoms with Gasteiger partial charge >= 0.3 is 0 Å². The Labute approximate surface area is 396 Å². The number of piperazine rings is 1. The Morgan fingerprint density at radius 3 is 2.30 bits per heavy atom. The topological polar surface area (TPSA) is 193 Å². The van der Waals surface area contributed by atoms with E-state index in [1.165, 1.54) is 25.4 Å². The van der Waals surface area contributed by atoms with E-state index < -0.39 is 29.7 Å². The van der Waals surface area contributed by atoms with Crippen LogP contribution in [0.1, 0.15) is 56.8 Å². The second-order valence-corrected chi connectivity index (χ2v) is 17.1. The number of hydrogen-bond acceptors (Lipinski definition) is 13. The number of carbonyl (C=O) groups excluding carboxylic acids is 6. The number of ether oxygens (including phenoxy) is 3. The van der Waals surface area contributed by atoms with Gasteiger partial charge in [0.25, 0.3) is 11.8 Å². The van der Waals surface area contributed by atoms with Gasteiger partial charge in [-0.15, -0.1) is 0 Å². The molecule has 0 bridgehead atoms. The van der Waals surface area contributed by atoms with Gasteiger partial charge in [-0.25, -0.2) is 9.97 Å². The first-order chi connectivity index (χ1) is 32.3. The minimum Gasteiger partial charge on any atom is -0.495 e. The molecule has 17 nitrogen and oxygen atoms in total. The third-order valence-corrected chi connectivity index (χ3v) is 13.0. The quantitative estimate of drug-likeness (QED) is 0.101.